The second-order valence-electron chi connectivity index (χ2n) is 12.9. The number of para-hydroxylation sites is 2. The molecule has 238 valence electrons. The van der Waals surface area contributed by atoms with E-state index in [4.69, 9.17) is 24.4 Å². The van der Waals surface area contributed by atoms with Crippen molar-refractivity contribution >= 4 is 49.4 Å². The fourth-order valence-corrected chi connectivity index (χ4v) is 7.47. The van der Waals surface area contributed by atoms with Gasteiger partial charge in [0.05, 0.1) is 11.4 Å². The van der Waals surface area contributed by atoms with Crippen molar-refractivity contribution in [2.45, 2.75) is 0 Å². The molecule has 0 saturated heterocycles. The summed E-state index contributed by atoms with van der Waals surface area (Å²) >= 11 is 0. The summed E-state index contributed by atoms with van der Waals surface area (Å²) in [6.07, 6.45) is 0. The minimum absolute atomic E-state index is 0.525. The van der Waals surface area contributed by atoms with Crippen LogP contribution in [0.5, 0.6) is 23.0 Å². The maximum absolute atomic E-state index is 6.76. The second-order valence-corrected chi connectivity index (χ2v) is 12.9. The van der Waals surface area contributed by atoms with Gasteiger partial charge >= 0.3 is 0 Å². The average Bonchev–Trinajstić information content (AvgIpc) is 3.19. The van der Waals surface area contributed by atoms with E-state index in [2.05, 4.69) is 102 Å². The molecule has 0 saturated carbocycles. The summed E-state index contributed by atoms with van der Waals surface area (Å²) in [6.45, 7) is 0. The van der Waals surface area contributed by atoms with Crippen LogP contribution in [0, 0.1) is 0 Å². The molecule has 0 spiro atoms. The van der Waals surface area contributed by atoms with Crippen molar-refractivity contribution in [3.8, 4) is 57.2 Å². The van der Waals surface area contributed by atoms with Gasteiger partial charge in [0, 0.05) is 16.7 Å². The second kappa shape index (κ2) is 10.7. The number of fused-ring (bicyclic) bond motifs is 7. The zero-order valence-electron chi connectivity index (χ0n) is 27.1. The number of nitrogens with zero attached hydrogens (tertiary/aromatic N) is 4. The van der Waals surface area contributed by atoms with Gasteiger partial charge in [-0.05, 0) is 68.7 Å². The van der Waals surface area contributed by atoms with Crippen molar-refractivity contribution in [1.82, 2.24) is 15.0 Å². The van der Waals surface area contributed by atoms with Gasteiger partial charge in [-0.2, -0.15) is 0 Å². The molecule has 2 aliphatic heterocycles. The highest BCUT2D eigenvalue weighted by molar-refractivity contribution is 6.00. The monoisotopic (exact) mass is 654 g/mol. The first kappa shape index (κ1) is 27.9. The van der Waals surface area contributed by atoms with Crippen molar-refractivity contribution in [1.29, 1.82) is 0 Å². The summed E-state index contributed by atoms with van der Waals surface area (Å²) in [7, 11) is 0. The van der Waals surface area contributed by atoms with Gasteiger partial charge in [-0.1, -0.05) is 121 Å². The zero-order chi connectivity index (χ0) is 33.5. The molecule has 1 aromatic heterocycles. The van der Waals surface area contributed by atoms with E-state index in [1.165, 1.54) is 0 Å². The minimum Gasteiger partial charge on any atom is -0.453 e. The third kappa shape index (κ3) is 4.33. The molecule has 3 heterocycles. The van der Waals surface area contributed by atoms with Gasteiger partial charge in [0.25, 0.3) is 0 Å². The molecule has 11 rings (SSSR count). The molecule has 51 heavy (non-hydrogen) atoms. The van der Waals surface area contributed by atoms with Crippen LogP contribution in [0.2, 0.25) is 0 Å². The van der Waals surface area contributed by atoms with Crippen LogP contribution in [0.3, 0.4) is 0 Å². The van der Waals surface area contributed by atoms with Gasteiger partial charge < -0.3 is 9.47 Å². The summed E-state index contributed by atoms with van der Waals surface area (Å²) in [5.41, 5.74) is 5.39. The Morgan fingerprint density at radius 3 is 1.55 bits per heavy atom. The predicted octanol–water partition coefficient (Wildman–Crippen LogP) is 12.0. The summed E-state index contributed by atoms with van der Waals surface area (Å²) < 4.78 is 13.4. The van der Waals surface area contributed by atoms with E-state index in [1.54, 1.807) is 0 Å². The Labute approximate surface area is 292 Å². The van der Waals surface area contributed by atoms with Crippen LogP contribution in [0.25, 0.3) is 66.5 Å². The first-order chi connectivity index (χ1) is 25.2. The van der Waals surface area contributed by atoms with Crippen LogP contribution in [0.15, 0.2) is 158 Å². The summed E-state index contributed by atoms with van der Waals surface area (Å²) in [5.74, 6) is 4.57. The molecular formula is C45H26N4O2. The Morgan fingerprint density at radius 2 is 0.882 bits per heavy atom. The Kier molecular flexibility index (Phi) is 5.86. The lowest BCUT2D eigenvalue weighted by Crippen LogP contribution is -2.20. The first-order valence-electron chi connectivity index (χ1n) is 16.9. The van der Waals surface area contributed by atoms with E-state index in [9.17, 15) is 0 Å². The van der Waals surface area contributed by atoms with E-state index < -0.39 is 0 Å². The lowest BCUT2D eigenvalue weighted by atomic mass is 10.0. The van der Waals surface area contributed by atoms with Crippen LogP contribution in [-0.2, 0) is 0 Å². The summed E-state index contributed by atoms with van der Waals surface area (Å²) in [4.78, 5) is 17.7. The molecule has 6 heteroatoms. The van der Waals surface area contributed by atoms with Gasteiger partial charge in [0.2, 0.25) is 0 Å². The number of rotatable bonds is 3. The highest BCUT2D eigenvalue weighted by atomic mass is 16.5. The van der Waals surface area contributed by atoms with Crippen LogP contribution in [0.4, 0.5) is 17.1 Å². The molecule has 0 radical (unpaired) electrons. The largest absolute Gasteiger partial charge is 0.453 e. The normalized spacial score (nSPS) is 12.6. The Hall–Kier alpha value is -7.05. The quantitative estimate of drug-likeness (QED) is 0.189. The third-order valence-electron chi connectivity index (χ3n) is 9.83. The van der Waals surface area contributed by atoms with Gasteiger partial charge in [-0.25, -0.2) is 15.0 Å². The number of ether oxygens (including phenoxy) is 2. The van der Waals surface area contributed by atoms with Crippen molar-refractivity contribution < 1.29 is 9.47 Å². The van der Waals surface area contributed by atoms with Crippen molar-refractivity contribution in [2.75, 3.05) is 4.90 Å². The molecule has 0 N–H and O–H groups in total. The topological polar surface area (TPSA) is 60.4 Å². The van der Waals surface area contributed by atoms with E-state index in [0.29, 0.717) is 29.0 Å². The molecule has 8 aromatic carbocycles. The molecule has 0 bridgehead atoms. The maximum Gasteiger partial charge on any atom is 0.164 e. The van der Waals surface area contributed by atoms with Crippen LogP contribution >= 0.6 is 0 Å². The van der Waals surface area contributed by atoms with E-state index in [-0.39, 0.29) is 0 Å². The van der Waals surface area contributed by atoms with E-state index in [1.807, 2.05) is 60.7 Å². The number of aromatic nitrogens is 3. The molecule has 6 nitrogen and oxygen atoms in total. The smallest absolute Gasteiger partial charge is 0.164 e. The van der Waals surface area contributed by atoms with Crippen molar-refractivity contribution in [3.05, 3.63) is 158 Å². The van der Waals surface area contributed by atoms with Crippen LogP contribution in [-0.4, -0.2) is 15.0 Å². The van der Waals surface area contributed by atoms with Gasteiger partial charge in [-0.3, -0.25) is 4.90 Å². The van der Waals surface area contributed by atoms with Gasteiger partial charge in [0.15, 0.2) is 40.5 Å². The van der Waals surface area contributed by atoms with E-state index in [0.717, 1.165) is 77.6 Å². The molecule has 0 aliphatic carbocycles. The number of benzene rings is 8. The Morgan fingerprint density at radius 1 is 0.373 bits per heavy atom. The lowest BCUT2D eigenvalue weighted by molar-refractivity contribution is 0.446. The van der Waals surface area contributed by atoms with Gasteiger partial charge in [0.1, 0.15) is 5.69 Å². The molecule has 2 aliphatic rings. The van der Waals surface area contributed by atoms with Gasteiger partial charge in [-0.15, -0.1) is 0 Å². The average molecular weight is 655 g/mol. The van der Waals surface area contributed by atoms with Crippen LogP contribution < -0.4 is 14.4 Å². The molecular weight excluding hydrogens is 629 g/mol. The van der Waals surface area contributed by atoms with E-state index >= 15 is 0 Å². The third-order valence-corrected chi connectivity index (χ3v) is 9.83. The number of hydrogen-bond acceptors (Lipinski definition) is 6. The summed E-state index contributed by atoms with van der Waals surface area (Å²) in [5, 5.41) is 6.63. The fraction of sp³-hybridized carbons (Fsp3) is 0. The maximum atomic E-state index is 6.76. The SMILES string of the molecule is c1ccc2c(c1)Oc1cc(-c3nc(-c4cccc5ccccc45)nc(-c4cccc5ccccc45)n3)cc3c1N2c1cc2ccccc2cc1O3. The summed E-state index contributed by atoms with van der Waals surface area (Å²) in [6, 6.07) is 53.9. The Balaban J connectivity index is 1.16. The fourth-order valence-electron chi connectivity index (χ4n) is 7.47. The molecule has 0 unspecified atom stereocenters. The zero-order valence-corrected chi connectivity index (χ0v) is 27.1. The molecule has 0 fully saturated rings. The first-order valence-corrected chi connectivity index (χ1v) is 16.9. The predicted molar refractivity (Wildman–Crippen MR) is 203 cm³/mol. The lowest BCUT2D eigenvalue weighted by Gasteiger charge is -2.38. The molecule has 9 aromatic rings. The van der Waals surface area contributed by atoms with Crippen molar-refractivity contribution in [3.63, 3.8) is 0 Å². The molecule has 0 amide bonds. The number of anilines is 3. The number of hydrogen-bond donors (Lipinski definition) is 0. The minimum atomic E-state index is 0.525. The highest BCUT2D eigenvalue weighted by Gasteiger charge is 2.35. The van der Waals surface area contributed by atoms with Crippen LogP contribution in [0.1, 0.15) is 0 Å². The molecule has 0 atom stereocenters. The Bertz CT molecular complexity index is 2790. The van der Waals surface area contributed by atoms with Crippen molar-refractivity contribution in [2.24, 2.45) is 0 Å². The highest BCUT2D eigenvalue weighted by Crippen LogP contribution is 2.60. The standard InChI is InChI=1S/C45H26N4O2/c1-2-14-30-24-39-37(23-29(30)13-1)49-36-21-7-8-22-38(36)50-40-25-31(26-41(51-39)42(40)49)43-46-44(34-19-9-15-27-11-3-5-17-32(27)34)48-45(47-43)35-20-10-16-28-12-4-6-18-33(28)35/h1-26H.